The molecule has 0 saturated carbocycles. The van der Waals surface area contributed by atoms with Crippen LogP contribution >= 0.6 is 11.3 Å². The van der Waals surface area contributed by atoms with Gasteiger partial charge in [0.25, 0.3) is 5.91 Å². The zero-order valence-electron chi connectivity index (χ0n) is 19.6. The summed E-state index contributed by atoms with van der Waals surface area (Å²) < 4.78 is 0. The molecule has 0 spiro atoms. The van der Waals surface area contributed by atoms with Crippen molar-refractivity contribution in [1.29, 1.82) is 0 Å². The maximum atomic E-state index is 12.9. The third-order valence-electron chi connectivity index (χ3n) is 5.50. The molecule has 3 rings (SSSR count). The highest BCUT2D eigenvalue weighted by molar-refractivity contribution is 7.14. The predicted octanol–water partition coefficient (Wildman–Crippen LogP) is 1.28. The second kappa shape index (κ2) is 13.4. The molecule has 0 aliphatic carbocycles. The van der Waals surface area contributed by atoms with Crippen molar-refractivity contribution >= 4 is 17.2 Å². The molecular weight excluding hydrogens is 468 g/mol. The van der Waals surface area contributed by atoms with Crippen LogP contribution in [0.4, 0.5) is 0 Å². The minimum absolute atomic E-state index is 0.0579. The van der Waals surface area contributed by atoms with Gasteiger partial charge in [-0.1, -0.05) is 12.1 Å². The van der Waals surface area contributed by atoms with E-state index in [0.717, 1.165) is 16.3 Å². The number of likely N-dealkylation sites (N-methyl/N-ethyl adjacent to an activating group) is 1. The molecule has 0 unspecified atom stereocenters. The van der Waals surface area contributed by atoms with E-state index >= 15 is 0 Å². The van der Waals surface area contributed by atoms with E-state index < -0.39 is 18.3 Å². The first-order valence-electron chi connectivity index (χ1n) is 11.4. The Morgan fingerprint density at radius 2 is 1.54 bits per heavy atom. The Balaban J connectivity index is 1.64. The third-order valence-corrected chi connectivity index (χ3v) is 6.55. The third kappa shape index (κ3) is 8.17. The summed E-state index contributed by atoms with van der Waals surface area (Å²) in [5.74, 6) is -0.287. The number of thiophene rings is 1. The number of pyridine rings is 2. The number of amides is 1. The average molecular weight is 501 g/mol. The van der Waals surface area contributed by atoms with Crippen LogP contribution in [0.25, 0.3) is 0 Å². The van der Waals surface area contributed by atoms with E-state index in [1.54, 1.807) is 18.5 Å². The summed E-state index contributed by atoms with van der Waals surface area (Å²) in [6, 6.07) is 15.3. The topological polar surface area (TPSA) is 130 Å². The molecular formula is C25H32N4O5S. The SMILES string of the molecule is CN(C[C@H](O)[C@@H](O)[C@H](O)CCO)C(=O)c1ccc(CN(Cc2ccccn2)Cc2ccccn2)s1. The largest absolute Gasteiger partial charge is 0.396 e. The van der Waals surface area contributed by atoms with Crippen LogP contribution < -0.4 is 0 Å². The summed E-state index contributed by atoms with van der Waals surface area (Å²) in [7, 11) is 1.53. The van der Waals surface area contributed by atoms with Gasteiger partial charge < -0.3 is 25.3 Å². The monoisotopic (exact) mass is 500 g/mol. The smallest absolute Gasteiger partial charge is 0.263 e. The Morgan fingerprint density at radius 3 is 2.09 bits per heavy atom. The van der Waals surface area contributed by atoms with Crippen LogP contribution in [-0.2, 0) is 19.6 Å². The molecule has 35 heavy (non-hydrogen) atoms. The zero-order chi connectivity index (χ0) is 25.2. The highest BCUT2D eigenvalue weighted by atomic mass is 32.1. The molecule has 0 fully saturated rings. The molecule has 3 aromatic heterocycles. The van der Waals surface area contributed by atoms with Gasteiger partial charge in [-0.3, -0.25) is 19.7 Å². The summed E-state index contributed by atoms with van der Waals surface area (Å²) in [6.07, 6.45) is -0.589. The molecule has 0 aliphatic heterocycles. The molecule has 10 heteroatoms. The van der Waals surface area contributed by atoms with E-state index in [4.69, 9.17) is 5.11 Å². The van der Waals surface area contributed by atoms with Gasteiger partial charge in [0.2, 0.25) is 0 Å². The predicted molar refractivity (Wildman–Crippen MR) is 132 cm³/mol. The number of carbonyl (C=O) groups excluding carboxylic acids is 1. The van der Waals surface area contributed by atoms with Gasteiger partial charge in [0.05, 0.1) is 28.5 Å². The maximum Gasteiger partial charge on any atom is 0.263 e. The molecule has 3 atom stereocenters. The van der Waals surface area contributed by atoms with Crippen molar-refractivity contribution in [2.24, 2.45) is 0 Å². The van der Waals surface area contributed by atoms with Crippen LogP contribution in [0.15, 0.2) is 60.9 Å². The lowest BCUT2D eigenvalue weighted by molar-refractivity contribution is -0.0709. The highest BCUT2D eigenvalue weighted by Crippen LogP contribution is 2.22. The van der Waals surface area contributed by atoms with E-state index in [0.29, 0.717) is 24.5 Å². The fourth-order valence-electron chi connectivity index (χ4n) is 3.63. The molecule has 0 aliphatic rings. The second-order valence-corrected chi connectivity index (χ2v) is 9.54. The standard InChI is InChI=1S/C25H32N4O5S/c1-28(17-22(32)24(33)21(31)10-13-30)25(34)23-9-8-20(35-23)16-29(14-18-6-2-4-11-26-18)15-19-7-3-5-12-27-19/h2-9,11-12,21-22,24,30-33H,10,13-17H2,1H3/t21-,22+,24+/m1/s1. The highest BCUT2D eigenvalue weighted by Gasteiger charge is 2.27. The Kier molecular flexibility index (Phi) is 10.3. The van der Waals surface area contributed by atoms with Crippen molar-refractivity contribution in [2.45, 2.75) is 44.4 Å². The summed E-state index contributed by atoms with van der Waals surface area (Å²) in [6.45, 7) is 1.39. The molecule has 0 radical (unpaired) electrons. The fourth-order valence-corrected chi connectivity index (χ4v) is 4.67. The molecule has 9 nitrogen and oxygen atoms in total. The number of hydrogen-bond acceptors (Lipinski definition) is 9. The number of rotatable bonds is 13. The number of aliphatic hydroxyl groups excluding tert-OH is 4. The van der Waals surface area contributed by atoms with Crippen LogP contribution in [0.2, 0.25) is 0 Å². The van der Waals surface area contributed by atoms with Crippen molar-refractivity contribution in [3.8, 4) is 0 Å². The molecule has 0 aromatic carbocycles. The molecule has 3 heterocycles. The first kappa shape index (κ1) is 26.9. The Labute approximate surface area is 208 Å². The van der Waals surface area contributed by atoms with Gasteiger partial charge in [-0.15, -0.1) is 11.3 Å². The van der Waals surface area contributed by atoms with Crippen LogP contribution in [0.3, 0.4) is 0 Å². The van der Waals surface area contributed by atoms with E-state index in [-0.39, 0.29) is 25.5 Å². The van der Waals surface area contributed by atoms with Crippen molar-refractivity contribution in [3.63, 3.8) is 0 Å². The molecule has 3 aromatic rings. The number of hydrogen-bond donors (Lipinski definition) is 4. The number of nitrogens with zero attached hydrogens (tertiary/aromatic N) is 4. The van der Waals surface area contributed by atoms with Gasteiger partial charge in [0.1, 0.15) is 6.10 Å². The average Bonchev–Trinajstić information content (AvgIpc) is 3.32. The normalized spacial score (nSPS) is 14.0. The van der Waals surface area contributed by atoms with Gasteiger partial charge in [-0.2, -0.15) is 0 Å². The van der Waals surface area contributed by atoms with Gasteiger partial charge in [-0.05, 0) is 42.8 Å². The van der Waals surface area contributed by atoms with Gasteiger partial charge in [0.15, 0.2) is 0 Å². The second-order valence-electron chi connectivity index (χ2n) is 8.38. The van der Waals surface area contributed by atoms with Gasteiger partial charge >= 0.3 is 0 Å². The van der Waals surface area contributed by atoms with E-state index in [1.165, 1.54) is 23.3 Å². The molecule has 1 amide bonds. The molecule has 188 valence electrons. The van der Waals surface area contributed by atoms with E-state index in [2.05, 4.69) is 14.9 Å². The van der Waals surface area contributed by atoms with Gasteiger partial charge in [0, 0.05) is 57.1 Å². The molecule has 0 saturated heterocycles. The summed E-state index contributed by atoms with van der Waals surface area (Å²) in [5, 5.41) is 38.8. The van der Waals surface area contributed by atoms with Gasteiger partial charge in [-0.25, -0.2) is 0 Å². The molecule has 4 N–H and O–H groups in total. The summed E-state index contributed by atoms with van der Waals surface area (Å²) in [5.41, 5.74) is 1.87. The lowest BCUT2D eigenvalue weighted by Crippen LogP contribution is -2.45. The van der Waals surface area contributed by atoms with Crippen molar-refractivity contribution in [2.75, 3.05) is 20.2 Å². The van der Waals surface area contributed by atoms with Crippen molar-refractivity contribution < 1.29 is 25.2 Å². The summed E-state index contributed by atoms with van der Waals surface area (Å²) >= 11 is 1.37. The first-order valence-corrected chi connectivity index (χ1v) is 12.2. The minimum atomic E-state index is -1.46. The van der Waals surface area contributed by atoms with Crippen LogP contribution in [0, 0.1) is 0 Å². The quantitative estimate of drug-likeness (QED) is 0.276. The van der Waals surface area contributed by atoms with E-state index in [1.807, 2.05) is 42.5 Å². The zero-order valence-corrected chi connectivity index (χ0v) is 20.5. The van der Waals surface area contributed by atoms with Crippen LogP contribution in [0.5, 0.6) is 0 Å². The summed E-state index contributed by atoms with van der Waals surface area (Å²) in [4.78, 5) is 26.8. The lowest BCUT2D eigenvalue weighted by Gasteiger charge is -2.26. The number of carbonyl (C=O) groups is 1. The Bertz CT molecular complexity index is 995. The fraction of sp³-hybridized carbons (Fsp3) is 0.400. The Morgan fingerprint density at radius 1 is 0.914 bits per heavy atom. The molecule has 0 bridgehead atoms. The maximum absolute atomic E-state index is 12.9. The van der Waals surface area contributed by atoms with Crippen molar-refractivity contribution in [1.82, 2.24) is 19.8 Å². The number of aromatic nitrogens is 2. The van der Waals surface area contributed by atoms with E-state index in [9.17, 15) is 20.1 Å². The van der Waals surface area contributed by atoms with Crippen LogP contribution in [-0.4, -0.2) is 84.6 Å². The number of aliphatic hydroxyl groups is 4. The van der Waals surface area contributed by atoms with Crippen LogP contribution in [0.1, 0.15) is 32.4 Å². The lowest BCUT2D eigenvalue weighted by atomic mass is 10.1. The minimum Gasteiger partial charge on any atom is -0.396 e. The Hall–Kier alpha value is -2.73. The first-order chi connectivity index (χ1) is 16.9. The van der Waals surface area contributed by atoms with Crippen molar-refractivity contribution in [3.05, 3.63) is 82.1 Å².